The summed E-state index contributed by atoms with van der Waals surface area (Å²) in [5, 5.41) is 34.7. The molecule has 4 rings (SSSR count). The summed E-state index contributed by atoms with van der Waals surface area (Å²) in [6, 6.07) is 14.9. The monoisotopic (exact) mass is 472 g/mol. The van der Waals surface area contributed by atoms with Gasteiger partial charge in [-0.05, 0) is 47.9 Å². The molecule has 0 aromatic heterocycles. The summed E-state index contributed by atoms with van der Waals surface area (Å²) < 4.78 is 5.14. The summed E-state index contributed by atoms with van der Waals surface area (Å²) in [6.45, 7) is 0.289. The van der Waals surface area contributed by atoms with Crippen molar-refractivity contribution in [3.05, 3.63) is 94.7 Å². The Morgan fingerprint density at radius 3 is 2.54 bits per heavy atom. The van der Waals surface area contributed by atoms with Gasteiger partial charge in [0.2, 0.25) is 0 Å². The Balaban J connectivity index is 1.55. The van der Waals surface area contributed by atoms with Gasteiger partial charge in [-0.3, -0.25) is 14.9 Å². The molecule has 1 aliphatic heterocycles. The normalized spacial score (nSPS) is 14.1. The highest BCUT2D eigenvalue weighted by molar-refractivity contribution is 6.31. The van der Waals surface area contributed by atoms with Crippen LogP contribution in [0.1, 0.15) is 32.6 Å². The van der Waals surface area contributed by atoms with E-state index in [2.05, 4.69) is 10.6 Å². The minimum Gasteiger partial charge on any atom is -0.504 e. The van der Waals surface area contributed by atoms with Crippen LogP contribution >= 0.6 is 0 Å². The topological polar surface area (TPSA) is 128 Å². The maximum Gasteiger partial charge on any atom is 0.260 e. The zero-order valence-electron chi connectivity index (χ0n) is 18.9. The van der Waals surface area contributed by atoms with Crippen molar-refractivity contribution >= 4 is 23.5 Å². The molecule has 0 saturated heterocycles. The van der Waals surface area contributed by atoms with Gasteiger partial charge in [-0.15, -0.1) is 0 Å². The van der Waals surface area contributed by atoms with Crippen molar-refractivity contribution in [3.63, 3.8) is 0 Å². The highest BCUT2D eigenvalue weighted by Crippen LogP contribution is 2.30. The number of rotatable bonds is 7. The molecule has 2 amide bonds. The molecule has 3 aromatic rings. The van der Waals surface area contributed by atoms with E-state index in [-0.39, 0.29) is 23.8 Å². The SMILES string of the molecule is COc1cccc(CC=Cc2ccc3c(c2)C(=CNCc2ccc(O)c(O)c2)C(=O)NC3=O)c1O. The van der Waals surface area contributed by atoms with E-state index < -0.39 is 11.8 Å². The van der Waals surface area contributed by atoms with Crippen molar-refractivity contribution in [1.82, 2.24) is 10.6 Å². The van der Waals surface area contributed by atoms with Gasteiger partial charge >= 0.3 is 0 Å². The molecule has 0 spiro atoms. The van der Waals surface area contributed by atoms with Gasteiger partial charge in [0.1, 0.15) is 0 Å². The molecule has 35 heavy (non-hydrogen) atoms. The average Bonchev–Trinajstić information content (AvgIpc) is 2.84. The molecular formula is C27H24N2O6. The standard InChI is InChI=1S/C27H24N2O6/c1-35-24-7-3-6-18(25(24)32)5-2-4-16-8-10-19-20(12-16)21(27(34)29-26(19)33)15-28-14-17-9-11-22(30)23(31)13-17/h2-4,6-13,15,28,30-32H,5,14H2,1H3,(H,29,33,34). The molecule has 1 heterocycles. The van der Waals surface area contributed by atoms with E-state index in [4.69, 9.17) is 4.74 Å². The summed E-state index contributed by atoms with van der Waals surface area (Å²) in [6.07, 6.45) is 5.70. The van der Waals surface area contributed by atoms with Crippen LogP contribution < -0.4 is 15.4 Å². The van der Waals surface area contributed by atoms with Crippen molar-refractivity contribution in [1.29, 1.82) is 0 Å². The highest BCUT2D eigenvalue weighted by atomic mass is 16.5. The second-order valence-electron chi connectivity index (χ2n) is 7.92. The molecule has 5 N–H and O–H groups in total. The summed E-state index contributed by atoms with van der Waals surface area (Å²) in [5.41, 5.74) is 3.35. The summed E-state index contributed by atoms with van der Waals surface area (Å²) in [5.74, 6) is -0.951. The van der Waals surface area contributed by atoms with Crippen molar-refractivity contribution in [2.45, 2.75) is 13.0 Å². The first-order valence-corrected chi connectivity index (χ1v) is 10.8. The van der Waals surface area contributed by atoms with Crippen molar-refractivity contribution in [2.75, 3.05) is 7.11 Å². The van der Waals surface area contributed by atoms with Crippen LogP contribution in [0, 0.1) is 0 Å². The van der Waals surface area contributed by atoms with Crippen LogP contribution in [-0.2, 0) is 17.8 Å². The van der Waals surface area contributed by atoms with E-state index in [1.165, 1.54) is 25.4 Å². The number of phenolic OH excluding ortho intramolecular Hbond substituents is 3. The van der Waals surface area contributed by atoms with Crippen molar-refractivity contribution < 1.29 is 29.6 Å². The quantitative estimate of drug-likeness (QED) is 0.202. The molecule has 178 valence electrons. The molecule has 0 saturated carbocycles. The molecule has 0 fully saturated rings. The number of hydrogen-bond donors (Lipinski definition) is 5. The number of nitrogens with one attached hydrogen (secondary N) is 2. The second-order valence-corrected chi connectivity index (χ2v) is 7.92. The van der Waals surface area contributed by atoms with Gasteiger partial charge in [0.05, 0.1) is 12.7 Å². The third-order valence-corrected chi connectivity index (χ3v) is 5.59. The Morgan fingerprint density at radius 1 is 0.943 bits per heavy atom. The zero-order valence-corrected chi connectivity index (χ0v) is 18.9. The lowest BCUT2D eigenvalue weighted by atomic mass is 9.93. The first kappa shape index (κ1) is 23.4. The minimum absolute atomic E-state index is 0.0885. The van der Waals surface area contributed by atoms with Gasteiger partial charge in [-0.25, -0.2) is 0 Å². The van der Waals surface area contributed by atoms with E-state index in [9.17, 15) is 24.9 Å². The summed E-state index contributed by atoms with van der Waals surface area (Å²) >= 11 is 0. The van der Waals surface area contributed by atoms with Crippen LogP contribution in [0.3, 0.4) is 0 Å². The van der Waals surface area contributed by atoms with Crippen molar-refractivity contribution in [2.24, 2.45) is 0 Å². The van der Waals surface area contributed by atoms with Crippen LogP contribution in [0.5, 0.6) is 23.0 Å². The van der Waals surface area contributed by atoms with E-state index in [0.29, 0.717) is 40.0 Å². The van der Waals surface area contributed by atoms with Gasteiger partial charge in [-0.2, -0.15) is 0 Å². The number of hydrogen-bond acceptors (Lipinski definition) is 7. The van der Waals surface area contributed by atoms with Crippen LogP contribution in [0.4, 0.5) is 0 Å². The molecule has 3 aromatic carbocycles. The van der Waals surface area contributed by atoms with E-state index in [1.54, 1.807) is 42.5 Å². The number of methoxy groups -OCH3 is 1. The predicted octanol–water partition coefficient (Wildman–Crippen LogP) is 3.47. The van der Waals surface area contributed by atoms with Crippen molar-refractivity contribution in [3.8, 4) is 23.0 Å². The number of allylic oxidation sites excluding steroid dienone is 1. The van der Waals surface area contributed by atoms with E-state index >= 15 is 0 Å². The number of aromatic hydroxyl groups is 3. The van der Waals surface area contributed by atoms with E-state index in [0.717, 1.165) is 5.56 Å². The number of amides is 2. The number of phenols is 3. The lowest BCUT2D eigenvalue weighted by Crippen LogP contribution is -2.37. The largest absolute Gasteiger partial charge is 0.504 e. The average molecular weight is 472 g/mol. The lowest BCUT2D eigenvalue weighted by Gasteiger charge is -2.19. The van der Waals surface area contributed by atoms with Crippen LogP contribution in [0.15, 0.2) is 66.9 Å². The number of ether oxygens (including phenoxy) is 1. The maximum absolute atomic E-state index is 12.5. The molecule has 0 bridgehead atoms. The van der Waals surface area contributed by atoms with Gasteiger partial charge < -0.3 is 25.4 Å². The lowest BCUT2D eigenvalue weighted by molar-refractivity contribution is -0.114. The third-order valence-electron chi connectivity index (χ3n) is 5.59. The fourth-order valence-corrected chi connectivity index (χ4v) is 3.76. The molecule has 8 nitrogen and oxygen atoms in total. The molecule has 0 unspecified atom stereocenters. The van der Waals surface area contributed by atoms with Crippen LogP contribution in [0.2, 0.25) is 0 Å². The first-order chi connectivity index (χ1) is 16.9. The highest BCUT2D eigenvalue weighted by Gasteiger charge is 2.27. The Morgan fingerprint density at radius 2 is 1.77 bits per heavy atom. The van der Waals surface area contributed by atoms with Gasteiger partial charge in [-0.1, -0.05) is 36.4 Å². The number of carbonyl (C=O) groups excluding carboxylic acids is 2. The number of para-hydroxylation sites is 1. The Hall–Kier alpha value is -4.72. The zero-order chi connectivity index (χ0) is 24.9. The number of benzene rings is 3. The fraction of sp³-hybridized carbons (Fsp3) is 0.111. The smallest absolute Gasteiger partial charge is 0.260 e. The molecule has 8 heteroatoms. The molecule has 1 aliphatic rings. The van der Waals surface area contributed by atoms with E-state index in [1.807, 2.05) is 12.2 Å². The van der Waals surface area contributed by atoms with Gasteiger partial charge in [0, 0.05) is 29.4 Å². The maximum atomic E-state index is 12.5. The van der Waals surface area contributed by atoms with Crippen LogP contribution in [0.25, 0.3) is 11.6 Å². The number of fused-ring (bicyclic) bond motifs is 1. The number of imide groups is 1. The van der Waals surface area contributed by atoms with Gasteiger partial charge in [0.15, 0.2) is 23.0 Å². The summed E-state index contributed by atoms with van der Waals surface area (Å²) in [7, 11) is 1.49. The molecule has 0 aliphatic carbocycles. The molecule has 0 atom stereocenters. The first-order valence-electron chi connectivity index (χ1n) is 10.8. The Labute approximate surface area is 201 Å². The Kier molecular flexibility index (Phi) is 6.73. The number of carbonyl (C=O) groups is 2. The third kappa shape index (κ3) is 5.11. The summed E-state index contributed by atoms with van der Waals surface area (Å²) in [4.78, 5) is 24.9. The molecular weight excluding hydrogens is 448 g/mol. The fourth-order valence-electron chi connectivity index (χ4n) is 3.76. The van der Waals surface area contributed by atoms with Gasteiger partial charge in [0.25, 0.3) is 11.8 Å². The Bertz CT molecular complexity index is 1360. The predicted molar refractivity (Wildman–Crippen MR) is 131 cm³/mol. The minimum atomic E-state index is -0.522. The van der Waals surface area contributed by atoms with Crippen LogP contribution in [-0.4, -0.2) is 34.2 Å². The molecule has 0 radical (unpaired) electrons. The second kappa shape index (κ2) is 10.0.